The highest BCUT2D eigenvalue weighted by molar-refractivity contribution is 7.80. The number of nitrogens with one attached hydrogen (secondary N) is 1. The molecule has 0 radical (unpaired) electrons. The predicted octanol–water partition coefficient (Wildman–Crippen LogP) is 2.30. The molecule has 0 aliphatic carbocycles. The largest absolute Gasteiger partial charge is 0.389 e. The molecule has 1 aromatic carbocycles. The summed E-state index contributed by atoms with van der Waals surface area (Å²) >= 11 is 4.91. The number of anilines is 2. The molecule has 0 fully saturated rings. The van der Waals surface area contributed by atoms with Crippen molar-refractivity contribution < 1.29 is 4.39 Å². The maximum absolute atomic E-state index is 13.3. The minimum atomic E-state index is -0.321. The highest BCUT2D eigenvalue weighted by atomic mass is 32.1. The molecule has 2 rings (SSSR count). The van der Waals surface area contributed by atoms with Crippen molar-refractivity contribution in [2.24, 2.45) is 5.73 Å². The number of rotatable bonds is 3. The number of aromatic nitrogens is 2. The molecule has 0 spiro atoms. The van der Waals surface area contributed by atoms with Crippen molar-refractivity contribution in [3.63, 3.8) is 0 Å². The number of halogens is 1. The van der Waals surface area contributed by atoms with E-state index in [4.69, 9.17) is 18.0 Å². The van der Waals surface area contributed by atoms with Gasteiger partial charge in [0.2, 0.25) is 0 Å². The Hall–Kier alpha value is -2.08. The standard InChI is InChI=1S/C12H11FN4S/c1-7-4-8(13)6-9(5-7)16-12-10(11(14)18)2-3-15-17-12/h2-6H,1H3,(H2,14,18)(H,16,17). The van der Waals surface area contributed by atoms with Crippen molar-refractivity contribution in [1.29, 1.82) is 0 Å². The van der Waals surface area contributed by atoms with Crippen molar-refractivity contribution in [2.75, 3.05) is 5.32 Å². The maximum Gasteiger partial charge on any atom is 0.163 e. The Kier molecular flexibility index (Phi) is 3.47. The summed E-state index contributed by atoms with van der Waals surface area (Å²) in [5, 5.41) is 10.6. The zero-order valence-electron chi connectivity index (χ0n) is 9.64. The fraction of sp³-hybridized carbons (Fsp3) is 0.0833. The smallest absolute Gasteiger partial charge is 0.163 e. The number of nitrogens with two attached hydrogens (primary N) is 1. The van der Waals surface area contributed by atoms with E-state index in [0.717, 1.165) is 5.56 Å². The van der Waals surface area contributed by atoms with Crippen LogP contribution in [0.3, 0.4) is 0 Å². The highest BCUT2D eigenvalue weighted by Crippen LogP contribution is 2.20. The zero-order valence-corrected chi connectivity index (χ0v) is 10.5. The molecule has 6 heteroatoms. The molecule has 0 atom stereocenters. The Morgan fingerprint density at radius 3 is 2.83 bits per heavy atom. The number of nitrogens with zero attached hydrogens (tertiary/aromatic N) is 2. The van der Waals surface area contributed by atoms with Gasteiger partial charge >= 0.3 is 0 Å². The first-order valence-corrected chi connectivity index (χ1v) is 5.63. The lowest BCUT2D eigenvalue weighted by Gasteiger charge is -2.09. The average molecular weight is 262 g/mol. The van der Waals surface area contributed by atoms with Gasteiger partial charge in [-0.3, -0.25) is 0 Å². The Morgan fingerprint density at radius 2 is 2.17 bits per heavy atom. The van der Waals surface area contributed by atoms with Crippen LogP contribution in [-0.4, -0.2) is 15.2 Å². The lowest BCUT2D eigenvalue weighted by atomic mass is 10.2. The van der Waals surface area contributed by atoms with Crippen LogP contribution < -0.4 is 11.1 Å². The van der Waals surface area contributed by atoms with Crippen molar-refractivity contribution in [1.82, 2.24) is 10.2 Å². The van der Waals surface area contributed by atoms with Crippen LogP contribution in [0.5, 0.6) is 0 Å². The van der Waals surface area contributed by atoms with E-state index in [-0.39, 0.29) is 10.8 Å². The molecule has 3 N–H and O–H groups in total. The van der Waals surface area contributed by atoms with Gasteiger partial charge in [-0.15, -0.1) is 5.10 Å². The van der Waals surface area contributed by atoms with Gasteiger partial charge in [-0.1, -0.05) is 12.2 Å². The molecule has 2 aromatic rings. The van der Waals surface area contributed by atoms with Crippen LogP contribution in [0.4, 0.5) is 15.9 Å². The van der Waals surface area contributed by atoms with Crippen LogP contribution in [-0.2, 0) is 0 Å². The number of hydrogen-bond acceptors (Lipinski definition) is 4. The third-order valence-corrected chi connectivity index (χ3v) is 2.51. The second kappa shape index (κ2) is 5.05. The summed E-state index contributed by atoms with van der Waals surface area (Å²) in [7, 11) is 0. The van der Waals surface area contributed by atoms with Gasteiger partial charge in [-0.05, 0) is 36.8 Å². The van der Waals surface area contributed by atoms with E-state index in [1.54, 1.807) is 19.1 Å². The van der Waals surface area contributed by atoms with Gasteiger partial charge in [-0.25, -0.2) is 4.39 Å². The van der Waals surface area contributed by atoms with Gasteiger partial charge in [0.25, 0.3) is 0 Å². The van der Waals surface area contributed by atoms with Gasteiger partial charge in [0, 0.05) is 5.69 Å². The van der Waals surface area contributed by atoms with Crippen LogP contribution in [0.25, 0.3) is 0 Å². The summed E-state index contributed by atoms with van der Waals surface area (Å²) in [5.74, 6) is 0.0910. The van der Waals surface area contributed by atoms with E-state index in [1.165, 1.54) is 18.3 Å². The molecule has 0 aliphatic heterocycles. The van der Waals surface area contributed by atoms with Gasteiger partial charge in [0.05, 0.1) is 11.8 Å². The summed E-state index contributed by atoms with van der Waals surface area (Å²) in [6, 6.07) is 6.26. The van der Waals surface area contributed by atoms with Gasteiger partial charge in [0.15, 0.2) is 5.82 Å². The number of hydrogen-bond donors (Lipinski definition) is 2. The van der Waals surface area contributed by atoms with Gasteiger partial charge in [0.1, 0.15) is 10.8 Å². The first kappa shape index (κ1) is 12.4. The second-order valence-electron chi connectivity index (χ2n) is 3.80. The Morgan fingerprint density at radius 1 is 1.39 bits per heavy atom. The van der Waals surface area contributed by atoms with Crippen molar-refractivity contribution >= 4 is 28.7 Å². The van der Waals surface area contributed by atoms with E-state index in [0.29, 0.717) is 17.1 Å². The van der Waals surface area contributed by atoms with Gasteiger partial charge in [-0.2, -0.15) is 5.10 Å². The van der Waals surface area contributed by atoms with Crippen LogP contribution in [0.2, 0.25) is 0 Å². The normalized spacial score (nSPS) is 10.1. The highest BCUT2D eigenvalue weighted by Gasteiger charge is 2.07. The van der Waals surface area contributed by atoms with E-state index < -0.39 is 0 Å². The molecular weight excluding hydrogens is 251 g/mol. The first-order chi connectivity index (χ1) is 8.56. The van der Waals surface area contributed by atoms with Crippen LogP contribution >= 0.6 is 12.2 Å². The molecule has 0 unspecified atom stereocenters. The fourth-order valence-corrected chi connectivity index (χ4v) is 1.73. The summed E-state index contributed by atoms with van der Waals surface area (Å²) in [4.78, 5) is 0.209. The molecule has 0 bridgehead atoms. The van der Waals surface area contributed by atoms with Crippen molar-refractivity contribution in [2.45, 2.75) is 6.92 Å². The third kappa shape index (κ3) is 2.78. The number of benzene rings is 1. The first-order valence-electron chi connectivity index (χ1n) is 5.22. The molecule has 0 saturated carbocycles. The fourth-order valence-electron chi connectivity index (χ4n) is 1.57. The number of thiocarbonyl (C=S) groups is 1. The Labute approximate surface area is 109 Å². The monoisotopic (exact) mass is 262 g/mol. The quantitative estimate of drug-likeness (QED) is 0.831. The third-order valence-electron chi connectivity index (χ3n) is 2.29. The topological polar surface area (TPSA) is 63.8 Å². The predicted molar refractivity (Wildman–Crippen MR) is 72.3 cm³/mol. The molecule has 1 heterocycles. The molecule has 92 valence electrons. The SMILES string of the molecule is Cc1cc(F)cc(Nc2nnccc2C(N)=S)c1. The zero-order chi connectivity index (χ0) is 13.1. The molecule has 0 saturated heterocycles. The van der Waals surface area contributed by atoms with Gasteiger partial charge < -0.3 is 11.1 Å². The van der Waals surface area contributed by atoms with E-state index in [9.17, 15) is 4.39 Å². The summed E-state index contributed by atoms with van der Waals surface area (Å²) < 4.78 is 13.3. The molecule has 0 aliphatic rings. The van der Waals surface area contributed by atoms with Crippen LogP contribution in [0.1, 0.15) is 11.1 Å². The van der Waals surface area contributed by atoms with E-state index >= 15 is 0 Å². The molecule has 18 heavy (non-hydrogen) atoms. The average Bonchev–Trinajstić information content (AvgIpc) is 2.27. The lowest BCUT2D eigenvalue weighted by Crippen LogP contribution is -2.13. The maximum atomic E-state index is 13.3. The summed E-state index contributed by atoms with van der Waals surface area (Å²) in [6.07, 6.45) is 1.50. The summed E-state index contributed by atoms with van der Waals surface area (Å²) in [6.45, 7) is 1.80. The summed E-state index contributed by atoms with van der Waals surface area (Å²) in [5.41, 5.74) is 7.53. The number of aryl methyl sites for hydroxylation is 1. The Bertz CT molecular complexity index is 580. The van der Waals surface area contributed by atoms with Crippen molar-refractivity contribution in [3.05, 3.63) is 47.4 Å². The molecule has 1 aromatic heterocycles. The molecule has 0 amide bonds. The van der Waals surface area contributed by atoms with E-state index in [2.05, 4.69) is 15.5 Å². The van der Waals surface area contributed by atoms with E-state index in [1.807, 2.05) is 0 Å². The Balaban J connectivity index is 2.37. The van der Waals surface area contributed by atoms with Crippen LogP contribution in [0.15, 0.2) is 30.5 Å². The van der Waals surface area contributed by atoms with Crippen molar-refractivity contribution in [3.8, 4) is 0 Å². The molecule has 4 nitrogen and oxygen atoms in total. The second-order valence-corrected chi connectivity index (χ2v) is 4.24. The minimum absolute atomic E-state index is 0.209. The minimum Gasteiger partial charge on any atom is -0.389 e. The van der Waals surface area contributed by atoms with Crippen LogP contribution in [0, 0.1) is 12.7 Å². The lowest BCUT2D eigenvalue weighted by molar-refractivity contribution is 0.627. The molecular formula is C12H11FN4S.